The van der Waals surface area contributed by atoms with Gasteiger partial charge in [-0.25, -0.2) is 13.4 Å². The normalized spacial score (nSPS) is 19.0. The molecule has 0 bridgehead atoms. The summed E-state index contributed by atoms with van der Waals surface area (Å²) in [5.74, 6) is 1.59. The Morgan fingerprint density at radius 3 is 2.64 bits per heavy atom. The van der Waals surface area contributed by atoms with Crippen molar-refractivity contribution in [1.29, 1.82) is 0 Å². The Morgan fingerprint density at radius 2 is 2.04 bits per heavy atom. The maximum atomic E-state index is 13.2. The molecule has 5 nitrogen and oxygen atoms in total. The van der Waals surface area contributed by atoms with Crippen molar-refractivity contribution >= 4 is 45.0 Å². The van der Waals surface area contributed by atoms with Crippen LogP contribution in [-0.2, 0) is 17.1 Å². The molecule has 25 heavy (non-hydrogen) atoms. The van der Waals surface area contributed by atoms with E-state index in [1.54, 1.807) is 40.7 Å². The third-order valence-electron chi connectivity index (χ3n) is 4.06. The average molecular weight is 420 g/mol. The quantitative estimate of drug-likeness (QED) is 0.741. The second-order valence-electron chi connectivity index (χ2n) is 6.21. The van der Waals surface area contributed by atoms with E-state index in [1.807, 2.05) is 20.9 Å². The lowest BCUT2D eigenvalue weighted by molar-refractivity contribution is 0.432. The Morgan fingerprint density at radius 1 is 1.32 bits per heavy atom. The van der Waals surface area contributed by atoms with Crippen molar-refractivity contribution in [2.45, 2.75) is 30.2 Å². The first-order valence-corrected chi connectivity index (χ1v) is 11.1. The lowest BCUT2D eigenvalue weighted by Gasteiger charge is -2.23. The van der Waals surface area contributed by atoms with Crippen molar-refractivity contribution < 1.29 is 8.42 Å². The van der Waals surface area contributed by atoms with Gasteiger partial charge >= 0.3 is 0 Å². The summed E-state index contributed by atoms with van der Waals surface area (Å²) in [6, 6.07) is 5.15. The molecule has 136 valence electrons. The Kier molecular flexibility index (Phi) is 5.42. The van der Waals surface area contributed by atoms with Crippen molar-refractivity contribution in [2.24, 2.45) is 7.05 Å². The number of thioether (sulfide) groups is 1. The Bertz CT molecular complexity index is 897. The summed E-state index contributed by atoms with van der Waals surface area (Å²) >= 11 is 13.8. The minimum atomic E-state index is -3.71. The van der Waals surface area contributed by atoms with Crippen LogP contribution in [0, 0.1) is 0 Å². The number of sulfonamides is 1. The molecule has 1 aromatic carbocycles. The van der Waals surface area contributed by atoms with Gasteiger partial charge in [0.05, 0.1) is 5.37 Å². The molecule has 1 aliphatic heterocycles. The van der Waals surface area contributed by atoms with E-state index in [0.29, 0.717) is 22.3 Å². The van der Waals surface area contributed by atoms with Gasteiger partial charge in [0.2, 0.25) is 0 Å². The topological polar surface area (TPSA) is 55.2 Å². The molecule has 1 fully saturated rings. The standard InChI is InChI=1S/C16H19Cl2N3O2S2/c1-10(2)15-19-14(9-20(15)3)25(22,23)21-6-7-24-16(21)12-5-4-11(17)8-13(12)18/h4-5,8-10,16H,6-7H2,1-3H3. The van der Waals surface area contributed by atoms with Crippen molar-refractivity contribution in [3.05, 3.63) is 45.8 Å². The number of aryl methyl sites for hydroxylation is 1. The summed E-state index contributed by atoms with van der Waals surface area (Å²) in [4.78, 5) is 4.36. The number of nitrogens with zero attached hydrogens (tertiary/aromatic N) is 3. The molecule has 1 aliphatic rings. The van der Waals surface area contributed by atoms with Crippen LogP contribution in [0.25, 0.3) is 0 Å². The van der Waals surface area contributed by atoms with E-state index in [1.165, 1.54) is 4.31 Å². The van der Waals surface area contributed by atoms with Gasteiger partial charge in [0.25, 0.3) is 10.0 Å². The molecule has 1 saturated heterocycles. The van der Waals surface area contributed by atoms with E-state index in [0.717, 1.165) is 11.4 Å². The van der Waals surface area contributed by atoms with E-state index in [4.69, 9.17) is 23.2 Å². The van der Waals surface area contributed by atoms with E-state index >= 15 is 0 Å². The number of aromatic nitrogens is 2. The highest BCUT2D eigenvalue weighted by Crippen LogP contribution is 2.44. The lowest BCUT2D eigenvalue weighted by Crippen LogP contribution is -2.31. The predicted octanol–water partition coefficient (Wildman–Crippen LogP) is 4.29. The number of hydrogen-bond acceptors (Lipinski definition) is 4. The zero-order valence-corrected chi connectivity index (χ0v) is 17.3. The van der Waals surface area contributed by atoms with Crippen LogP contribution < -0.4 is 0 Å². The van der Waals surface area contributed by atoms with E-state index in [9.17, 15) is 8.42 Å². The number of hydrogen-bond donors (Lipinski definition) is 0. The summed E-state index contributed by atoms with van der Waals surface area (Å²) in [6.45, 7) is 4.39. The van der Waals surface area contributed by atoms with Crippen molar-refractivity contribution in [2.75, 3.05) is 12.3 Å². The predicted molar refractivity (Wildman–Crippen MR) is 103 cm³/mol. The van der Waals surface area contributed by atoms with E-state index in [-0.39, 0.29) is 16.3 Å². The van der Waals surface area contributed by atoms with Crippen LogP contribution in [0.2, 0.25) is 10.0 Å². The van der Waals surface area contributed by atoms with Gasteiger partial charge in [-0.1, -0.05) is 43.1 Å². The van der Waals surface area contributed by atoms with Gasteiger partial charge in [0.15, 0.2) is 5.03 Å². The third kappa shape index (κ3) is 3.57. The molecule has 0 saturated carbocycles. The van der Waals surface area contributed by atoms with Crippen molar-refractivity contribution in [3.63, 3.8) is 0 Å². The minimum Gasteiger partial charge on any atom is -0.336 e. The van der Waals surface area contributed by atoms with Crippen LogP contribution in [-0.4, -0.2) is 34.6 Å². The molecular weight excluding hydrogens is 401 g/mol. The summed E-state index contributed by atoms with van der Waals surface area (Å²) in [5.41, 5.74) is 0.747. The largest absolute Gasteiger partial charge is 0.336 e. The Hall–Kier alpha value is -0.730. The van der Waals surface area contributed by atoms with Gasteiger partial charge < -0.3 is 4.57 Å². The fourth-order valence-electron chi connectivity index (χ4n) is 2.88. The minimum absolute atomic E-state index is 0.0799. The van der Waals surface area contributed by atoms with Crippen LogP contribution in [0.1, 0.15) is 36.5 Å². The van der Waals surface area contributed by atoms with Gasteiger partial charge in [-0.2, -0.15) is 4.31 Å². The number of halogens is 2. The monoisotopic (exact) mass is 419 g/mol. The molecule has 9 heteroatoms. The summed E-state index contributed by atoms with van der Waals surface area (Å²) in [5, 5.41) is 0.698. The summed E-state index contributed by atoms with van der Waals surface area (Å²) in [6.07, 6.45) is 1.58. The second-order valence-corrected chi connectivity index (χ2v) is 10.1. The molecule has 1 unspecified atom stereocenters. The first-order chi connectivity index (χ1) is 11.7. The molecule has 0 amide bonds. The first-order valence-electron chi connectivity index (χ1n) is 7.83. The molecule has 2 heterocycles. The van der Waals surface area contributed by atoms with Gasteiger partial charge in [-0.15, -0.1) is 11.8 Å². The van der Waals surface area contributed by atoms with Crippen LogP contribution in [0.5, 0.6) is 0 Å². The SMILES string of the molecule is CC(C)c1nc(S(=O)(=O)N2CCSC2c2ccc(Cl)cc2Cl)cn1C. The first kappa shape index (κ1) is 19.0. The zero-order valence-electron chi connectivity index (χ0n) is 14.1. The highest BCUT2D eigenvalue weighted by molar-refractivity contribution is 8.01. The molecule has 1 aromatic heterocycles. The summed E-state index contributed by atoms with van der Waals surface area (Å²) < 4.78 is 29.5. The molecule has 0 N–H and O–H groups in total. The van der Waals surface area contributed by atoms with Gasteiger partial charge in [0, 0.05) is 41.5 Å². The summed E-state index contributed by atoms with van der Waals surface area (Å²) in [7, 11) is -1.90. The van der Waals surface area contributed by atoms with Crippen molar-refractivity contribution in [3.8, 4) is 0 Å². The molecule has 1 atom stereocenters. The molecule has 0 spiro atoms. The average Bonchev–Trinajstić information content (AvgIpc) is 3.14. The maximum Gasteiger partial charge on any atom is 0.263 e. The third-order valence-corrected chi connectivity index (χ3v) is 7.73. The second kappa shape index (κ2) is 7.12. The number of imidazole rings is 1. The van der Waals surface area contributed by atoms with Gasteiger partial charge in [-0.05, 0) is 17.7 Å². The fraction of sp³-hybridized carbons (Fsp3) is 0.438. The lowest BCUT2D eigenvalue weighted by atomic mass is 10.2. The van der Waals surface area contributed by atoms with E-state index < -0.39 is 10.0 Å². The smallest absolute Gasteiger partial charge is 0.263 e. The fourth-order valence-corrected chi connectivity index (χ4v) is 6.72. The van der Waals surface area contributed by atoms with Crippen molar-refractivity contribution in [1.82, 2.24) is 13.9 Å². The van der Waals surface area contributed by atoms with Crippen LogP contribution in [0.15, 0.2) is 29.4 Å². The molecule has 0 radical (unpaired) electrons. The van der Waals surface area contributed by atoms with Crippen LogP contribution in [0.3, 0.4) is 0 Å². The van der Waals surface area contributed by atoms with Crippen LogP contribution >= 0.6 is 35.0 Å². The molecule has 2 aromatic rings. The Labute approximate surface area is 162 Å². The molecule has 0 aliphatic carbocycles. The van der Waals surface area contributed by atoms with E-state index in [2.05, 4.69) is 4.98 Å². The van der Waals surface area contributed by atoms with Gasteiger partial charge in [-0.3, -0.25) is 0 Å². The highest BCUT2D eigenvalue weighted by Gasteiger charge is 2.39. The maximum absolute atomic E-state index is 13.2. The molecular formula is C16H19Cl2N3O2S2. The Balaban J connectivity index is 2.00. The van der Waals surface area contributed by atoms with Gasteiger partial charge in [0.1, 0.15) is 5.82 Å². The van der Waals surface area contributed by atoms with Crippen LogP contribution in [0.4, 0.5) is 0 Å². The number of benzene rings is 1. The number of rotatable bonds is 4. The highest BCUT2D eigenvalue weighted by atomic mass is 35.5. The zero-order chi connectivity index (χ0) is 18.4. The molecule has 3 rings (SSSR count).